The summed E-state index contributed by atoms with van der Waals surface area (Å²) in [6, 6.07) is 7.11. The third-order valence-electron chi connectivity index (χ3n) is 2.82. The van der Waals surface area contributed by atoms with Crippen LogP contribution < -0.4 is 10.5 Å². The molecule has 0 atom stereocenters. The first-order chi connectivity index (χ1) is 9.92. The van der Waals surface area contributed by atoms with Crippen molar-refractivity contribution >= 4 is 32.2 Å². The number of anilines is 2. The molecule has 0 radical (unpaired) electrons. The van der Waals surface area contributed by atoms with Gasteiger partial charge in [-0.25, -0.2) is 13.4 Å². The van der Waals surface area contributed by atoms with Gasteiger partial charge >= 0.3 is 0 Å². The first-order valence-electron chi connectivity index (χ1n) is 6.38. The van der Waals surface area contributed by atoms with Gasteiger partial charge in [0.15, 0.2) is 9.34 Å². The van der Waals surface area contributed by atoms with Crippen LogP contribution in [0.5, 0.6) is 0 Å². The molecule has 0 spiro atoms. The van der Waals surface area contributed by atoms with Gasteiger partial charge in [0.1, 0.15) is 0 Å². The lowest BCUT2D eigenvalue weighted by Crippen LogP contribution is -2.12. The van der Waals surface area contributed by atoms with Crippen LogP contribution in [0.15, 0.2) is 28.5 Å². The zero-order valence-electron chi connectivity index (χ0n) is 11.5. The number of hydrogen-bond donors (Lipinski definition) is 3. The van der Waals surface area contributed by atoms with Crippen molar-refractivity contribution in [2.24, 2.45) is 0 Å². The van der Waals surface area contributed by atoms with E-state index in [0.29, 0.717) is 24.2 Å². The summed E-state index contributed by atoms with van der Waals surface area (Å²) in [5, 5.41) is 9.06. The second-order valence-electron chi connectivity index (χ2n) is 4.56. The van der Waals surface area contributed by atoms with E-state index in [1.54, 1.807) is 25.1 Å². The molecule has 0 saturated heterocycles. The lowest BCUT2D eigenvalue weighted by molar-refractivity contribution is 0.288. The molecule has 21 heavy (non-hydrogen) atoms. The molecule has 1 aromatic carbocycles. The Kier molecular flexibility index (Phi) is 4.81. The number of sulfonamides is 1. The number of aliphatic hydroxyl groups is 1. The Labute approximate surface area is 127 Å². The molecular weight excluding hydrogens is 310 g/mol. The zero-order valence-corrected chi connectivity index (χ0v) is 13.2. The highest BCUT2D eigenvalue weighted by atomic mass is 32.2. The topological polar surface area (TPSA) is 105 Å². The second-order valence-corrected chi connectivity index (χ2v) is 7.47. The monoisotopic (exact) mass is 327 g/mol. The number of nitrogen functional groups attached to an aromatic ring is 1. The molecule has 114 valence electrons. The fourth-order valence-electron chi connectivity index (χ4n) is 1.93. The van der Waals surface area contributed by atoms with E-state index in [4.69, 9.17) is 10.8 Å². The number of nitrogens with zero attached hydrogens (tertiary/aromatic N) is 1. The molecule has 2 aromatic rings. The number of aryl methyl sites for hydroxylation is 2. The third kappa shape index (κ3) is 3.93. The fourth-order valence-corrected chi connectivity index (χ4v) is 4.28. The van der Waals surface area contributed by atoms with E-state index in [0.717, 1.165) is 16.9 Å². The second kappa shape index (κ2) is 6.42. The summed E-state index contributed by atoms with van der Waals surface area (Å²) in [6.45, 7) is 1.72. The van der Waals surface area contributed by atoms with Gasteiger partial charge in [0.05, 0.1) is 5.69 Å². The summed E-state index contributed by atoms with van der Waals surface area (Å²) >= 11 is 0.942. The molecule has 0 aliphatic heterocycles. The highest BCUT2D eigenvalue weighted by Gasteiger charge is 2.21. The van der Waals surface area contributed by atoms with Crippen LogP contribution >= 0.6 is 11.3 Å². The van der Waals surface area contributed by atoms with Gasteiger partial charge in [0.2, 0.25) is 0 Å². The maximum atomic E-state index is 12.3. The molecule has 0 saturated carbocycles. The van der Waals surface area contributed by atoms with Crippen molar-refractivity contribution in [1.29, 1.82) is 0 Å². The van der Waals surface area contributed by atoms with Crippen LogP contribution in [-0.4, -0.2) is 25.1 Å². The van der Waals surface area contributed by atoms with Gasteiger partial charge in [-0.15, -0.1) is 0 Å². The Morgan fingerprint density at radius 3 is 2.81 bits per heavy atom. The number of rotatable bonds is 6. The Hall–Kier alpha value is -1.64. The van der Waals surface area contributed by atoms with Crippen molar-refractivity contribution in [3.8, 4) is 0 Å². The van der Waals surface area contributed by atoms with Gasteiger partial charge in [-0.05, 0) is 37.5 Å². The largest absolute Gasteiger partial charge is 0.396 e. The molecule has 0 unspecified atom stereocenters. The highest BCUT2D eigenvalue weighted by Crippen LogP contribution is 2.27. The number of nitrogens with one attached hydrogen (secondary N) is 1. The molecule has 1 heterocycles. The third-order valence-corrected chi connectivity index (χ3v) is 5.79. The van der Waals surface area contributed by atoms with Crippen molar-refractivity contribution in [3.05, 3.63) is 35.5 Å². The van der Waals surface area contributed by atoms with Gasteiger partial charge < -0.3 is 10.8 Å². The lowest BCUT2D eigenvalue weighted by atomic mass is 10.1. The van der Waals surface area contributed by atoms with Crippen molar-refractivity contribution in [1.82, 2.24) is 4.98 Å². The number of benzene rings is 1. The van der Waals surface area contributed by atoms with Gasteiger partial charge in [0.25, 0.3) is 10.0 Å². The average molecular weight is 327 g/mol. The molecule has 0 amide bonds. The minimum absolute atomic E-state index is 0.106. The van der Waals surface area contributed by atoms with E-state index < -0.39 is 10.0 Å². The molecule has 0 aliphatic carbocycles. The summed E-state index contributed by atoms with van der Waals surface area (Å²) < 4.78 is 27.3. The molecule has 2 rings (SSSR count). The number of thiazole rings is 1. The van der Waals surface area contributed by atoms with Gasteiger partial charge in [-0.1, -0.05) is 23.5 Å². The minimum Gasteiger partial charge on any atom is -0.396 e. The van der Waals surface area contributed by atoms with Crippen LogP contribution in [0.3, 0.4) is 0 Å². The SMILES string of the molecule is Cc1nc(N)sc1S(=O)(=O)Nc1cccc(CCCO)c1. The summed E-state index contributed by atoms with van der Waals surface area (Å²) in [5.74, 6) is 0. The van der Waals surface area contributed by atoms with Crippen LogP contribution in [-0.2, 0) is 16.4 Å². The van der Waals surface area contributed by atoms with E-state index in [9.17, 15) is 8.42 Å². The smallest absolute Gasteiger partial charge is 0.273 e. The van der Waals surface area contributed by atoms with E-state index >= 15 is 0 Å². The van der Waals surface area contributed by atoms with Crippen LogP contribution in [0, 0.1) is 6.92 Å². The number of hydrogen-bond acceptors (Lipinski definition) is 6. The highest BCUT2D eigenvalue weighted by molar-refractivity contribution is 7.94. The standard InChI is InChI=1S/C13H17N3O3S2/c1-9-12(20-13(14)15-9)21(18,19)16-11-6-2-4-10(8-11)5-3-7-17/h2,4,6,8,16-17H,3,5,7H2,1H3,(H2,14,15). The van der Waals surface area contributed by atoms with Crippen molar-refractivity contribution in [2.45, 2.75) is 24.0 Å². The first kappa shape index (κ1) is 15.7. The molecule has 4 N–H and O–H groups in total. The van der Waals surface area contributed by atoms with Crippen molar-refractivity contribution in [2.75, 3.05) is 17.1 Å². The summed E-state index contributed by atoms with van der Waals surface area (Å²) in [5.41, 5.74) is 7.38. The summed E-state index contributed by atoms with van der Waals surface area (Å²) in [7, 11) is -3.68. The number of aromatic nitrogens is 1. The maximum Gasteiger partial charge on any atom is 0.273 e. The quantitative estimate of drug-likeness (QED) is 0.750. The predicted octanol–water partition coefficient (Wildman–Crippen LogP) is 1.76. The minimum atomic E-state index is -3.68. The Balaban J connectivity index is 2.22. The fraction of sp³-hybridized carbons (Fsp3) is 0.308. The van der Waals surface area contributed by atoms with Crippen LogP contribution in [0.1, 0.15) is 17.7 Å². The van der Waals surface area contributed by atoms with Crippen LogP contribution in [0.25, 0.3) is 0 Å². The first-order valence-corrected chi connectivity index (χ1v) is 8.68. The number of aliphatic hydroxyl groups excluding tert-OH is 1. The Morgan fingerprint density at radius 2 is 2.19 bits per heavy atom. The summed E-state index contributed by atoms with van der Waals surface area (Å²) in [4.78, 5) is 3.93. The zero-order chi connectivity index (χ0) is 15.5. The number of nitrogens with two attached hydrogens (primary N) is 1. The molecular formula is C13H17N3O3S2. The van der Waals surface area contributed by atoms with E-state index in [1.807, 2.05) is 6.07 Å². The van der Waals surface area contributed by atoms with E-state index in [1.165, 1.54) is 0 Å². The molecule has 8 heteroatoms. The lowest BCUT2D eigenvalue weighted by Gasteiger charge is -2.08. The van der Waals surface area contributed by atoms with Gasteiger partial charge in [0, 0.05) is 12.3 Å². The maximum absolute atomic E-state index is 12.3. The molecule has 1 aromatic heterocycles. The molecule has 0 fully saturated rings. The van der Waals surface area contributed by atoms with E-state index in [-0.39, 0.29) is 15.9 Å². The Morgan fingerprint density at radius 1 is 1.43 bits per heavy atom. The Bertz CT molecular complexity index is 726. The van der Waals surface area contributed by atoms with Crippen molar-refractivity contribution in [3.63, 3.8) is 0 Å². The van der Waals surface area contributed by atoms with Gasteiger partial charge in [-0.2, -0.15) is 0 Å². The summed E-state index contributed by atoms with van der Waals surface area (Å²) in [6.07, 6.45) is 1.33. The molecule has 6 nitrogen and oxygen atoms in total. The normalized spacial score (nSPS) is 11.5. The van der Waals surface area contributed by atoms with Crippen LogP contribution in [0.4, 0.5) is 10.8 Å². The molecule has 0 bridgehead atoms. The molecule has 0 aliphatic rings. The van der Waals surface area contributed by atoms with Crippen molar-refractivity contribution < 1.29 is 13.5 Å². The van der Waals surface area contributed by atoms with Crippen LogP contribution in [0.2, 0.25) is 0 Å². The predicted molar refractivity (Wildman–Crippen MR) is 83.9 cm³/mol. The average Bonchev–Trinajstić information content (AvgIpc) is 2.76. The van der Waals surface area contributed by atoms with Gasteiger partial charge in [-0.3, -0.25) is 4.72 Å². The van der Waals surface area contributed by atoms with E-state index in [2.05, 4.69) is 9.71 Å².